The molecule has 1 aromatic heterocycles. The highest BCUT2D eigenvalue weighted by molar-refractivity contribution is 7.17. The van der Waals surface area contributed by atoms with E-state index in [0.717, 1.165) is 41.1 Å². The number of methoxy groups -OCH3 is 1. The third-order valence-electron chi connectivity index (χ3n) is 9.60. The number of hydrogen-bond donors (Lipinski definition) is 3. The number of anilines is 1. The first kappa shape index (κ1) is 28.5. The minimum atomic E-state index is -0.841. The molecule has 3 N–H and O–H groups in total. The number of carboxylic acids is 1. The number of hydrogen-bond acceptors (Lipinski definition) is 6. The van der Waals surface area contributed by atoms with Gasteiger partial charge in [0.1, 0.15) is 5.75 Å². The van der Waals surface area contributed by atoms with Crippen LogP contribution in [0, 0.1) is 29.0 Å². The number of carbonyl (C=O) groups excluding carboxylic acids is 2. The summed E-state index contributed by atoms with van der Waals surface area (Å²) in [5.41, 5.74) is 0.0938. The molecule has 222 valence electrons. The van der Waals surface area contributed by atoms with Gasteiger partial charge in [0.2, 0.25) is 5.91 Å². The molecule has 3 aromatic rings. The zero-order chi connectivity index (χ0) is 29.6. The molecule has 42 heavy (non-hydrogen) atoms. The molecule has 10 heteroatoms. The van der Waals surface area contributed by atoms with Crippen molar-refractivity contribution in [2.75, 3.05) is 12.4 Å². The van der Waals surface area contributed by atoms with Crippen LogP contribution in [0.5, 0.6) is 11.5 Å². The zero-order valence-corrected chi connectivity index (χ0v) is 24.5. The summed E-state index contributed by atoms with van der Waals surface area (Å²) in [4.78, 5) is 38.9. The molecular weight excluding hydrogens is 559 g/mol. The van der Waals surface area contributed by atoms with Crippen LogP contribution >= 0.6 is 11.3 Å². The molecule has 8 nitrogen and oxygen atoms in total. The average molecular weight is 595 g/mol. The molecule has 3 aliphatic carbocycles. The van der Waals surface area contributed by atoms with E-state index in [0.29, 0.717) is 25.7 Å². The van der Waals surface area contributed by atoms with Crippen LogP contribution in [-0.2, 0) is 9.59 Å². The van der Waals surface area contributed by atoms with Gasteiger partial charge in [0.05, 0.1) is 35.8 Å². The number of carbonyl (C=O) groups is 3. The number of nitrogens with one attached hydrogen (secondary N) is 2. The van der Waals surface area contributed by atoms with E-state index in [1.807, 2.05) is 29.6 Å². The molecule has 2 bridgehead atoms. The largest absolute Gasteiger partial charge is 0.496 e. The third-order valence-corrected chi connectivity index (χ3v) is 10.6. The molecule has 0 saturated heterocycles. The van der Waals surface area contributed by atoms with Crippen LogP contribution in [0.1, 0.15) is 62.2 Å². The Kier molecular flexibility index (Phi) is 7.59. The van der Waals surface area contributed by atoms with Crippen molar-refractivity contribution < 1.29 is 33.4 Å². The molecule has 0 spiro atoms. The van der Waals surface area contributed by atoms with Crippen molar-refractivity contribution in [3.63, 3.8) is 0 Å². The van der Waals surface area contributed by atoms with Crippen LogP contribution < -0.4 is 20.1 Å². The highest BCUT2D eigenvalue weighted by Crippen LogP contribution is 2.49. The Morgan fingerprint density at radius 1 is 1.05 bits per heavy atom. The van der Waals surface area contributed by atoms with Crippen LogP contribution in [0.4, 0.5) is 10.1 Å². The quantitative estimate of drug-likeness (QED) is 0.284. The van der Waals surface area contributed by atoms with E-state index in [-0.39, 0.29) is 52.9 Å². The smallest absolute Gasteiger partial charge is 0.309 e. The number of aliphatic carboxylic acids is 1. The minimum Gasteiger partial charge on any atom is -0.496 e. The van der Waals surface area contributed by atoms with Gasteiger partial charge in [-0.15, -0.1) is 11.3 Å². The number of carboxylic acid groups (broad SMARTS) is 1. The van der Waals surface area contributed by atoms with Crippen molar-refractivity contribution in [2.24, 2.45) is 23.2 Å². The van der Waals surface area contributed by atoms with Gasteiger partial charge in [-0.1, -0.05) is 18.2 Å². The Morgan fingerprint density at radius 2 is 1.79 bits per heavy atom. The summed E-state index contributed by atoms with van der Waals surface area (Å²) in [6.45, 7) is 1.72. The van der Waals surface area contributed by atoms with E-state index < -0.39 is 23.1 Å². The molecule has 0 radical (unpaired) electrons. The molecule has 0 unspecified atom stereocenters. The lowest BCUT2D eigenvalue weighted by atomic mass is 9.75. The number of amides is 2. The monoisotopic (exact) mass is 594 g/mol. The second-order valence-electron chi connectivity index (χ2n) is 12.2. The molecule has 4 atom stereocenters. The lowest BCUT2D eigenvalue weighted by molar-refractivity contribution is -0.150. The SMILES string of the molecule is COc1cc(F)c(OC2CCC(C)(C(=O)O)CC2)cc1C(=O)N[C@@H]1[C@H]2CC[C@H](C2)[C@@H]1C(=O)Nc1csc2ccccc12. The lowest BCUT2D eigenvalue weighted by Crippen LogP contribution is -2.48. The van der Waals surface area contributed by atoms with Crippen LogP contribution in [-0.4, -0.2) is 42.1 Å². The average Bonchev–Trinajstić information content (AvgIpc) is 3.70. The first-order valence-electron chi connectivity index (χ1n) is 14.5. The molecule has 2 amide bonds. The van der Waals surface area contributed by atoms with Crippen molar-refractivity contribution in [2.45, 2.75) is 64.0 Å². The number of thiophene rings is 1. The van der Waals surface area contributed by atoms with Crippen molar-refractivity contribution in [1.29, 1.82) is 0 Å². The fourth-order valence-corrected chi connectivity index (χ4v) is 8.00. The molecule has 2 aromatic carbocycles. The van der Waals surface area contributed by atoms with Crippen LogP contribution in [0.3, 0.4) is 0 Å². The van der Waals surface area contributed by atoms with Gasteiger partial charge in [-0.25, -0.2) is 4.39 Å². The maximum Gasteiger partial charge on any atom is 0.309 e. The highest BCUT2D eigenvalue weighted by atomic mass is 32.1. The topological polar surface area (TPSA) is 114 Å². The maximum atomic E-state index is 15.0. The summed E-state index contributed by atoms with van der Waals surface area (Å²) in [6.07, 6.45) is 4.18. The van der Waals surface area contributed by atoms with Gasteiger partial charge in [-0.3, -0.25) is 14.4 Å². The fraction of sp³-hybridized carbons (Fsp3) is 0.469. The Balaban J connectivity index is 1.19. The number of halogens is 1. The second kappa shape index (κ2) is 11.2. The third kappa shape index (κ3) is 5.21. The van der Waals surface area contributed by atoms with E-state index in [1.54, 1.807) is 18.3 Å². The van der Waals surface area contributed by atoms with Gasteiger partial charge in [-0.05, 0) is 75.8 Å². The first-order valence-corrected chi connectivity index (χ1v) is 15.4. The van der Waals surface area contributed by atoms with Gasteiger partial charge >= 0.3 is 5.97 Å². The predicted octanol–water partition coefficient (Wildman–Crippen LogP) is 6.24. The summed E-state index contributed by atoms with van der Waals surface area (Å²) in [5, 5.41) is 18.7. The maximum absolute atomic E-state index is 15.0. The Bertz CT molecular complexity index is 1530. The normalized spacial score (nSPS) is 28.4. The number of fused-ring (bicyclic) bond motifs is 3. The first-order chi connectivity index (χ1) is 20.2. The van der Waals surface area contributed by atoms with Gasteiger partial charge in [0, 0.05) is 27.6 Å². The van der Waals surface area contributed by atoms with E-state index in [2.05, 4.69) is 10.6 Å². The highest BCUT2D eigenvalue weighted by Gasteiger charge is 2.51. The van der Waals surface area contributed by atoms with Crippen LogP contribution in [0.2, 0.25) is 0 Å². The summed E-state index contributed by atoms with van der Waals surface area (Å²) in [6, 6.07) is 10.1. The molecule has 0 aliphatic heterocycles. The van der Waals surface area contributed by atoms with Crippen molar-refractivity contribution >= 4 is 44.9 Å². The predicted molar refractivity (Wildman–Crippen MR) is 158 cm³/mol. The standard InChI is InChI=1S/C32H35FN2O6S/c1-32(31(38)39)11-9-19(10-12-32)41-25-14-21(24(40-2)15-22(25)33)29(36)35-28-18-8-7-17(13-18)27(28)30(37)34-23-16-42-26-6-4-3-5-20(23)26/h3-6,14-19,27-28H,7-13H2,1-2H3,(H,34,37)(H,35,36)(H,38,39)/t17-,18+,19?,27+,28-,32?/m1/s1. The molecule has 3 fully saturated rings. The molecular formula is C32H35FN2O6S. The van der Waals surface area contributed by atoms with Crippen LogP contribution in [0.15, 0.2) is 41.8 Å². The van der Waals surface area contributed by atoms with E-state index >= 15 is 4.39 Å². The van der Waals surface area contributed by atoms with Crippen molar-refractivity contribution in [3.05, 3.63) is 53.2 Å². The van der Waals surface area contributed by atoms with Gasteiger partial charge in [0.15, 0.2) is 11.6 Å². The van der Waals surface area contributed by atoms with Crippen LogP contribution in [0.25, 0.3) is 10.1 Å². The lowest BCUT2D eigenvalue weighted by Gasteiger charge is -2.34. The van der Waals surface area contributed by atoms with Gasteiger partial charge in [-0.2, -0.15) is 0 Å². The van der Waals surface area contributed by atoms with Crippen molar-refractivity contribution in [1.82, 2.24) is 5.32 Å². The summed E-state index contributed by atoms with van der Waals surface area (Å²) >= 11 is 1.58. The second-order valence-corrected chi connectivity index (χ2v) is 13.1. The molecule has 3 saturated carbocycles. The Morgan fingerprint density at radius 3 is 2.52 bits per heavy atom. The summed E-state index contributed by atoms with van der Waals surface area (Å²) in [7, 11) is 1.37. The summed E-state index contributed by atoms with van der Waals surface area (Å²) < 4.78 is 27.4. The minimum absolute atomic E-state index is 0.0727. The van der Waals surface area contributed by atoms with E-state index in [1.165, 1.54) is 13.2 Å². The van der Waals surface area contributed by atoms with Gasteiger partial charge < -0.3 is 25.2 Å². The summed E-state index contributed by atoms with van der Waals surface area (Å²) in [5.74, 6) is -2.05. The van der Waals surface area contributed by atoms with Crippen molar-refractivity contribution in [3.8, 4) is 11.5 Å². The number of rotatable bonds is 8. The fourth-order valence-electron chi connectivity index (χ4n) is 7.11. The molecule has 3 aliphatic rings. The van der Waals surface area contributed by atoms with E-state index in [9.17, 15) is 19.5 Å². The number of ether oxygens (including phenoxy) is 2. The zero-order valence-electron chi connectivity index (χ0n) is 23.7. The molecule has 1 heterocycles. The Hall–Kier alpha value is -3.66. The molecule has 6 rings (SSSR count). The van der Waals surface area contributed by atoms with E-state index in [4.69, 9.17) is 9.47 Å². The number of benzene rings is 2. The Labute approximate surface area is 247 Å². The van der Waals surface area contributed by atoms with Gasteiger partial charge in [0.25, 0.3) is 5.91 Å².